The summed E-state index contributed by atoms with van der Waals surface area (Å²) in [5.74, 6) is -0.215. The Morgan fingerprint density at radius 2 is 1.88 bits per heavy atom. The van der Waals surface area contributed by atoms with Gasteiger partial charge in [0.25, 0.3) is 0 Å². The summed E-state index contributed by atoms with van der Waals surface area (Å²) in [6, 6.07) is 0. The number of rotatable bonds is 9. The second-order valence-electron chi connectivity index (χ2n) is 3.51. The lowest BCUT2D eigenvalue weighted by Crippen LogP contribution is -2.42. The minimum Gasteiger partial charge on any atom is -0.369 e. The van der Waals surface area contributed by atoms with Gasteiger partial charge in [0.1, 0.15) is 12.0 Å². The van der Waals surface area contributed by atoms with Crippen molar-refractivity contribution in [3.8, 4) is 0 Å². The predicted octanol–water partition coefficient (Wildman–Crippen LogP) is 1.07. The van der Waals surface area contributed by atoms with Crippen LogP contribution in [0.3, 0.4) is 0 Å². The lowest BCUT2D eigenvalue weighted by molar-refractivity contribution is -0.370. The number of epoxide rings is 1. The van der Waals surface area contributed by atoms with Gasteiger partial charge in [0.2, 0.25) is 0 Å². The van der Waals surface area contributed by atoms with Crippen LogP contribution in [0.4, 0.5) is 0 Å². The van der Waals surface area contributed by atoms with Gasteiger partial charge >= 0.3 is 5.97 Å². The fourth-order valence-electron chi connectivity index (χ4n) is 1.10. The van der Waals surface area contributed by atoms with E-state index in [4.69, 9.17) is 23.7 Å². The van der Waals surface area contributed by atoms with Gasteiger partial charge in [0.15, 0.2) is 0 Å². The van der Waals surface area contributed by atoms with Crippen molar-refractivity contribution in [1.29, 1.82) is 0 Å². The Kier molecular flexibility index (Phi) is 6.02. The molecule has 5 nitrogen and oxygen atoms in total. The van der Waals surface area contributed by atoms with Gasteiger partial charge in [0, 0.05) is 27.1 Å². The van der Waals surface area contributed by atoms with Crippen LogP contribution in [0, 0.1) is 0 Å². The molecule has 96 valence electrons. The zero-order valence-corrected chi connectivity index (χ0v) is 11.0. The smallest absolute Gasteiger partial charge is 0.307 e. The summed E-state index contributed by atoms with van der Waals surface area (Å²) in [5, 5.41) is 0. The topological polar surface area (TPSA) is 49.5 Å². The standard InChI is InChI=1S/C10H20O5S/c1-8(6-16-9-5-14-9)15-7-10(11-2,12-3)13-4/h8-9H,5-7H2,1-4H3. The minimum absolute atomic E-state index is 0.106. The Labute approximate surface area is 101 Å². The van der Waals surface area contributed by atoms with Crippen molar-refractivity contribution in [3.05, 3.63) is 0 Å². The van der Waals surface area contributed by atoms with Crippen LogP contribution in [0.25, 0.3) is 0 Å². The van der Waals surface area contributed by atoms with Crippen molar-refractivity contribution in [2.45, 2.75) is 24.4 Å². The summed E-state index contributed by atoms with van der Waals surface area (Å²) in [4.78, 5) is 0. The molecule has 1 aliphatic heterocycles. The Morgan fingerprint density at radius 3 is 2.31 bits per heavy atom. The molecule has 1 saturated heterocycles. The fourth-order valence-corrected chi connectivity index (χ4v) is 1.95. The van der Waals surface area contributed by atoms with E-state index in [-0.39, 0.29) is 12.7 Å². The van der Waals surface area contributed by atoms with E-state index in [9.17, 15) is 0 Å². The van der Waals surface area contributed by atoms with Gasteiger partial charge in [-0.15, -0.1) is 11.8 Å². The van der Waals surface area contributed by atoms with Crippen LogP contribution in [-0.2, 0) is 23.7 Å². The average molecular weight is 252 g/mol. The van der Waals surface area contributed by atoms with Crippen molar-refractivity contribution >= 4 is 11.8 Å². The summed E-state index contributed by atoms with van der Waals surface area (Å²) < 4.78 is 26.1. The molecule has 2 unspecified atom stereocenters. The zero-order valence-electron chi connectivity index (χ0n) is 10.2. The molecule has 16 heavy (non-hydrogen) atoms. The number of methoxy groups -OCH3 is 3. The highest BCUT2D eigenvalue weighted by Gasteiger charge is 2.31. The molecule has 0 aliphatic carbocycles. The first-order valence-electron chi connectivity index (χ1n) is 5.16. The van der Waals surface area contributed by atoms with Gasteiger partial charge < -0.3 is 23.7 Å². The molecule has 0 aromatic carbocycles. The molecule has 0 amide bonds. The average Bonchev–Trinajstić information content (AvgIpc) is 3.13. The van der Waals surface area contributed by atoms with E-state index in [1.54, 1.807) is 11.8 Å². The predicted molar refractivity (Wildman–Crippen MR) is 61.4 cm³/mol. The maximum absolute atomic E-state index is 5.61. The molecule has 0 radical (unpaired) electrons. The highest BCUT2D eigenvalue weighted by Crippen LogP contribution is 2.25. The third kappa shape index (κ3) is 4.57. The van der Waals surface area contributed by atoms with Crippen LogP contribution in [0.1, 0.15) is 6.92 Å². The number of ether oxygens (including phenoxy) is 5. The van der Waals surface area contributed by atoms with E-state index in [1.807, 2.05) is 6.92 Å². The molecule has 1 heterocycles. The van der Waals surface area contributed by atoms with Crippen molar-refractivity contribution in [1.82, 2.24) is 0 Å². The molecule has 0 spiro atoms. The normalized spacial score (nSPS) is 22.1. The van der Waals surface area contributed by atoms with Crippen LogP contribution in [-0.4, -0.2) is 57.8 Å². The molecule has 0 bridgehead atoms. The lowest BCUT2D eigenvalue weighted by Gasteiger charge is -2.29. The Hall–Kier alpha value is 0.150. The second kappa shape index (κ2) is 6.78. The monoisotopic (exact) mass is 252 g/mol. The van der Waals surface area contributed by atoms with E-state index >= 15 is 0 Å². The molecule has 1 rings (SSSR count). The molecule has 0 aromatic heterocycles. The molecule has 0 saturated carbocycles. The summed E-state index contributed by atoms with van der Waals surface area (Å²) in [6.45, 7) is 3.10. The SMILES string of the molecule is COC(COC(C)CSC1CO1)(OC)OC. The van der Waals surface area contributed by atoms with E-state index in [0.29, 0.717) is 5.44 Å². The summed E-state index contributed by atoms with van der Waals surface area (Å²) in [6.07, 6.45) is 0.106. The molecular formula is C10H20O5S. The molecular weight excluding hydrogens is 232 g/mol. The van der Waals surface area contributed by atoms with E-state index < -0.39 is 5.97 Å². The van der Waals surface area contributed by atoms with Gasteiger partial charge in [-0.1, -0.05) is 0 Å². The third-order valence-corrected chi connectivity index (χ3v) is 3.60. The fraction of sp³-hybridized carbons (Fsp3) is 1.00. The summed E-state index contributed by atoms with van der Waals surface area (Å²) in [7, 11) is 4.56. The molecule has 0 N–H and O–H groups in total. The largest absolute Gasteiger partial charge is 0.369 e. The lowest BCUT2D eigenvalue weighted by atomic mass is 10.4. The van der Waals surface area contributed by atoms with Crippen LogP contribution in [0.5, 0.6) is 0 Å². The third-order valence-electron chi connectivity index (χ3n) is 2.30. The van der Waals surface area contributed by atoms with E-state index in [0.717, 1.165) is 12.4 Å². The number of thioether (sulfide) groups is 1. The van der Waals surface area contributed by atoms with Crippen molar-refractivity contribution in [2.75, 3.05) is 40.3 Å². The summed E-state index contributed by atoms with van der Waals surface area (Å²) >= 11 is 1.75. The van der Waals surface area contributed by atoms with Gasteiger partial charge in [-0.25, -0.2) is 0 Å². The number of hydrogen-bond acceptors (Lipinski definition) is 6. The van der Waals surface area contributed by atoms with Crippen LogP contribution >= 0.6 is 11.8 Å². The van der Waals surface area contributed by atoms with Gasteiger partial charge in [-0.05, 0) is 6.92 Å². The zero-order chi connectivity index (χ0) is 12.0. The van der Waals surface area contributed by atoms with Gasteiger partial charge in [-0.2, -0.15) is 0 Å². The first-order valence-corrected chi connectivity index (χ1v) is 6.21. The van der Waals surface area contributed by atoms with Crippen LogP contribution in [0.2, 0.25) is 0 Å². The molecule has 1 fully saturated rings. The molecule has 6 heteroatoms. The highest BCUT2D eigenvalue weighted by atomic mass is 32.2. The molecule has 0 aromatic rings. The Balaban J connectivity index is 2.18. The summed E-state index contributed by atoms with van der Waals surface area (Å²) in [5.41, 5.74) is 0.364. The molecule has 1 aliphatic rings. The Bertz CT molecular complexity index is 185. The van der Waals surface area contributed by atoms with E-state index in [2.05, 4.69) is 0 Å². The van der Waals surface area contributed by atoms with Crippen LogP contribution < -0.4 is 0 Å². The van der Waals surface area contributed by atoms with Crippen molar-refractivity contribution in [3.63, 3.8) is 0 Å². The second-order valence-corrected chi connectivity index (χ2v) is 4.71. The highest BCUT2D eigenvalue weighted by molar-refractivity contribution is 8.00. The maximum Gasteiger partial charge on any atom is 0.307 e. The maximum atomic E-state index is 5.61. The first-order chi connectivity index (χ1) is 7.65. The first kappa shape index (κ1) is 14.2. The number of hydrogen-bond donors (Lipinski definition) is 0. The van der Waals surface area contributed by atoms with E-state index in [1.165, 1.54) is 21.3 Å². The Morgan fingerprint density at radius 1 is 1.31 bits per heavy atom. The van der Waals surface area contributed by atoms with Gasteiger partial charge in [-0.3, -0.25) is 0 Å². The van der Waals surface area contributed by atoms with Crippen molar-refractivity contribution in [2.24, 2.45) is 0 Å². The van der Waals surface area contributed by atoms with Crippen molar-refractivity contribution < 1.29 is 23.7 Å². The molecule has 2 atom stereocenters. The van der Waals surface area contributed by atoms with Gasteiger partial charge in [0.05, 0.1) is 12.7 Å². The quantitative estimate of drug-likeness (QED) is 0.452. The minimum atomic E-state index is -1.10. The van der Waals surface area contributed by atoms with Crippen LogP contribution in [0.15, 0.2) is 0 Å².